The van der Waals surface area contributed by atoms with E-state index in [2.05, 4.69) is 30.3 Å². The summed E-state index contributed by atoms with van der Waals surface area (Å²) < 4.78 is 0. The second-order valence-corrected chi connectivity index (χ2v) is 9.18. The van der Waals surface area contributed by atoms with E-state index < -0.39 is 0 Å². The van der Waals surface area contributed by atoms with E-state index >= 15 is 0 Å². The minimum Gasteiger partial charge on any atom is -0.356 e. The molecule has 1 aliphatic carbocycles. The average molecular weight is 421 g/mol. The van der Waals surface area contributed by atoms with Crippen molar-refractivity contribution in [1.29, 1.82) is 0 Å². The van der Waals surface area contributed by atoms with Crippen molar-refractivity contribution in [2.45, 2.75) is 57.8 Å². The Hall–Kier alpha value is -1.34. The Labute approximate surface area is 183 Å². The molecule has 1 saturated carbocycles. The molecule has 0 aromatic heterocycles. The van der Waals surface area contributed by atoms with Crippen LogP contribution in [0.25, 0.3) is 0 Å². The maximum atomic E-state index is 12.6. The Kier molecular flexibility index (Phi) is 10.2. The van der Waals surface area contributed by atoms with Gasteiger partial charge in [-0.3, -0.25) is 14.7 Å². The third-order valence-electron chi connectivity index (χ3n) is 6.97. The Morgan fingerprint density at radius 3 is 2.10 bits per heavy atom. The second kappa shape index (κ2) is 13.2. The van der Waals surface area contributed by atoms with E-state index in [-0.39, 0.29) is 0 Å². The first-order chi connectivity index (χ1) is 14.8. The smallest absolute Gasteiger partial charge is 0.225 e. The van der Waals surface area contributed by atoms with E-state index in [0.29, 0.717) is 11.8 Å². The molecule has 0 aromatic carbocycles. The van der Waals surface area contributed by atoms with Crippen LogP contribution in [0, 0.1) is 5.92 Å². The summed E-state index contributed by atoms with van der Waals surface area (Å²) in [6, 6.07) is 0. The number of piperazine rings is 1. The van der Waals surface area contributed by atoms with Crippen LogP contribution in [0.2, 0.25) is 0 Å². The van der Waals surface area contributed by atoms with Gasteiger partial charge in [-0.25, -0.2) is 0 Å². The molecule has 2 aliphatic heterocycles. The van der Waals surface area contributed by atoms with Crippen LogP contribution in [0.1, 0.15) is 57.8 Å². The summed E-state index contributed by atoms with van der Waals surface area (Å²) in [5.74, 6) is 1.63. The number of carbonyl (C=O) groups is 1. The first-order valence-corrected chi connectivity index (χ1v) is 12.4. The number of nitrogens with zero attached hydrogens (tertiary/aromatic N) is 4. The van der Waals surface area contributed by atoms with Crippen LogP contribution < -0.4 is 10.6 Å². The molecule has 3 fully saturated rings. The van der Waals surface area contributed by atoms with E-state index in [0.717, 1.165) is 71.0 Å². The average Bonchev–Trinajstić information content (AvgIpc) is 3.19. The van der Waals surface area contributed by atoms with Gasteiger partial charge >= 0.3 is 0 Å². The van der Waals surface area contributed by atoms with Gasteiger partial charge in [0, 0.05) is 58.8 Å². The van der Waals surface area contributed by atoms with Crippen LogP contribution in [0.5, 0.6) is 0 Å². The van der Waals surface area contributed by atoms with Crippen LogP contribution in [-0.2, 0) is 4.79 Å². The van der Waals surface area contributed by atoms with Gasteiger partial charge in [-0.05, 0) is 51.7 Å². The van der Waals surface area contributed by atoms with Crippen molar-refractivity contribution in [3.05, 3.63) is 0 Å². The lowest BCUT2D eigenvalue weighted by molar-refractivity contribution is -0.137. The van der Waals surface area contributed by atoms with Crippen molar-refractivity contribution in [1.82, 2.24) is 25.3 Å². The van der Waals surface area contributed by atoms with Crippen molar-refractivity contribution in [3.8, 4) is 0 Å². The summed E-state index contributed by atoms with van der Waals surface area (Å²) >= 11 is 0. The van der Waals surface area contributed by atoms with E-state index in [1.807, 2.05) is 7.05 Å². The number of guanidine groups is 1. The van der Waals surface area contributed by atoms with Gasteiger partial charge < -0.3 is 20.4 Å². The number of carbonyl (C=O) groups excluding carboxylic acids is 1. The van der Waals surface area contributed by atoms with E-state index in [1.54, 1.807) is 0 Å². The number of hydrogen-bond donors (Lipinski definition) is 2. The van der Waals surface area contributed by atoms with Crippen molar-refractivity contribution in [2.75, 3.05) is 72.5 Å². The first-order valence-electron chi connectivity index (χ1n) is 12.4. The highest BCUT2D eigenvalue weighted by Crippen LogP contribution is 2.26. The summed E-state index contributed by atoms with van der Waals surface area (Å²) in [5.41, 5.74) is 0. The van der Waals surface area contributed by atoms with Crippen LogP contribution in [0.4, 0.5) is 0 Å². The predicted octanol–water partition coefficient (Wildman–Crippen LogP) is 1.75. The van der Waals surface area contributed by atoms with Gasteiger partial charge in [0.25, 0.3) is 0 Å². The normalized spacial score (nSPS) is 22.8. The molecule has 172 valence electrons. The minimum absolute atomic E-state index is 0.312. The fourth-order valence-corrected chi connectivity index (χ4v) is 5.05. The van der Waals surface area contributed by atoms with Crippen LogP contribution in [-0.4, -0.2) is 99.1 Å². The van der Waals surface area contributed by atoms with Crippen LogP contribution in [0.3, 0.4) is 0 Å². The molecular weight excluding hydrogens is 376 g/mol. The molecule has 0 atom stereocenters. The van der Waals surface area contributed by atoms with E-state index in [4.69, 9.17) is 0 Å². The van der Waals surface area contributed by atoms with Gasteiger partial charge in [-0.1, -0.05) is 25.7 Å². The molecule has 2 heterocycles. The zero-order valence-corrected chi connectivity index (χ0v) is 19.2. The Morgan fingerprint density at radius 2 is 1.43 bits per heavy atom. The Balaban J connectivity index is 1.23. The summed E-state index contributed by atoms with van der Waals surface area (Å²) in [4.78, 5) is 24.1. The van der Waals surface area contributed by atoms with Gasteiger partial charge in [0.05, 0.1) is 0 Å². The number of nitrogens with one attached hydrogen (secondary N) is 2. The highest BCUT2D eigenvalue weighted by molar-refractivity contribution is 5.79. The van der Waals surface area contributed by atoms with Crippen molar-refractivity contribution >= 4 is 11.9 Å². The lowest BCUT2D eigenvalue weighted by Crippen LogP contribution is -2.52. The van der Waals surface area contributed by atoms with Crippen molar-refractivity contribution in [3.63, 3.8) is 0 Å². The molecule has 2 N–H and O–H groups in total. The highest BCUT2D eigenvalue weighted by Gasteiger charge is 2.29. The number of likely N-dealkylation sites (tertiary alicyclic amines) is 1. The topological polar surface area (TPSA) is 63.2 Å². The maximum Gasteiger partial charge on any atom is 0.225 e. The number of aliphatic imine (C=N–C) groups is 1. The lowest BCUT2D eigenvalue weighted by atomic mass is 10.1. The zero-order valence-electron chi connectivity index (χ0n) is 19.2. The Morgan fingerprint density at radius 1 is 0.800 bits per heavy atom. The lowest BCUT2D eigenvalue weighted by Gasteiger charge is -2.36. The van der Waals surface area contributed by atoms with Crippen LogP contribution >= 0.6 is 0 Å². The number of hydrogen-bond acceptors (Lipinski definition) is 4. The maximum absolute atomic E-state index is 12.6. The van der Waals surface area contributed by atoms with Gasteiger partial charge in [0.1, 0.15) is 0 Å². The molecule has 0 bridgehead atoms. The molecule has 1 amide bonds. The fraction of sp³-hybridized carbons (Fsp3) is 0.913. The highest BCUT2D eigenvalue weighted by atomic mass is 16.2. The molecule has 3 rings (SSSR count). The third kappa shape index (κ3) is 7.73. The predicted molar refractivity (Wildman–Crippen MR) is 124 cm³/mol. The monoisotopic (exact) mass is 420 g/mol. The number of rotatable bonds is 8. The summed E-state index contributed by atoms with van der Waals surface area (Å²) in [5, 5.41) is 6.90. The molecule has 0 aromatic rings. The summed E-state index contributed by atoms with van der Waals surface area (Å²) in [6.45, 7) is 10.3. The van der Waals surface area contributed by atoms with Gasteiger partial charge in [0.15, 0.2) is 5.96 Å². The Bertz CT molecular complexity index is 518. The molecule has 30 heavy (non-hydrogen) atoms. The molecule has 0 unspecified atom stereocenters. The zero-order chi connectivity index (χ0) is 21.0. The molecule has 0 radical (unpaired) electrons. The summed E-state index contributed by atoms with van der Waals surface area (Å²) in [7, 11) is 1.84. The number of amides is 1. The third-order valence-corrected chi connectivity index (χ3v) is 6.97. The second-order valence-electron chi connectivity index (χ2n) is 9.18. The first kappa shape index (κ1) is 23.3. The molecular formula is C23H44N6O. The van der Waals surface area contributed by atoms with Crippen molar-refractivity contribution < 1.29 is 4.79 Å². The SMILES string of the molecule is CN=C(NCCCN1CCCCCC1)NCCN1CCN(C(=O)C2CCCC2)CC1. The molecule has 7 nitrogen and oxygen atoms in total. The standard InChI is InChI=1S/C23H44N6O/c1-24-23(25-11-8-15-27-13-6-2-3-7-14-27)26-12-16-28-17-19-29(20-18-28)22(30)21-9-4-5-10-21/h21H,2-20H2,1H3,(H2,24,25,26). The van der Waals surface area contributed by atoms with Gasteiger partial charge in [0.2, 0.25) is 5.91 Å². The van der Waals surface area contributed by atoms with Crippen LogP contribution in [0.15, 0.2) is 4.99 Å². The van der Waals surface area contributed by atoms with E-state index in [1.165, 1.54) is 58.2 Å². The molecule has 3 aliphatic rings. The van der Waals surface area contributed by atoms with Gasteiger partial charge in [-0.15, -0.1) is 0 Å². The van der Waals surface area contributed by atoms with E-state index in [9.17, 15) is 4.79 Å². The fourth-order valence-electron chi connectivity index (χ4n) is 5.05. The molecule has 2 saturated heterocycles. The quantitative estimate of drug-likeness (QED) is 0.356. The minimum atomic E-state index is 0.312. The van der Waals surface area contributed by atoms with Crippen molar-refractivity contribution in [2.24, 2.45) is 10.9 Å². The largest absolute Gasteiger partial charge is 0.356 e. The summed E-state index contributed by atoms with van der Waals surface area (Å²) in [6.07, 6.45) is 11.4. The molecule has 0 spiro atoms. The van der Waals surface area contributed by atoms with Gasteiger partial charge in [-0.2, -0.15) is 0 Å². The molecule has 7 heteroatoms.